The van der Waals surface area contributed by atoms with Crippen LogP contribution in [0.5, 0.6) is 5.75 Å². The Kier molecular flexibility index (Phi) is 2.87. The van der Waals surface area contributed by atoms with E-state index in [1.807, 2.05) is 42.5 Å². The molecule has 2 heterocycles. The Morgan fingerprint density at radius 1 is 0.667 bits per heavy atom. The molecule has 4 aromatic carbocycles. The van der Waals surface area contributed by atoms with Crippen molar-refractivity contribution in [3.05, 3.63) is 54.6 Å². The first kappa shape index (κ1) is 16.5. The van der Waals surface area contributed by atoms with Gasteiger partial charge in [-0.05, 0) is 41.3 Å². The molecule has 0 spiro atoms. The number of hydrogen-bond donors (Lipinski definition) is 0. The van der Waals surface area contributed by atoms with Gasteiger partial charge < -0.3 is 13.0 Å². The monoisotopic (exact) mass is 422 g/mol. The zero-order valence-corrected chi connectivity index (χ0v) is 15.8. The highest BCUT2D eigenvalue weighted by atomic mass is 32.2. The molecule has 0 radical (unpaired) electrons. The zero-order valence-electron chi connectivity index (χ0n) is 15.0. The Bertz CT molecular complexity index is 1690. The van der Waals surface area contributed by atoms with Crippen LogP contribution in [-0.4, -0.2) is 5.51 Å². The fraction of sp³-hybridized carbons (Fsp3) is 0.0435. The molecule has 7 rings (SSSR count). The summed E-state index contributed by atoms with van der Waals surface area (Å²) in [5, 5.41) is 5.43. The van der Waals surface area contributed by atoms with Gasteiger partial charge in [0.15, 0.2) is 12.0 Å². The predicted octanol–water partition coefficient (Wildman–Crippen LogP) is 8.17. The molecule has 1 aliphatic rings. The molecule has 0 saturated carbocycles. The summed E-state index contributed by atoms with van der Waals surface area (Å²) in [6.45, 7) is 0. The molecule has 0 N–H and O–H groups in total. The van der Waals surface area contributed by atoms with Gasteiger partial charge in [0.2, 0.25) is 0 Å². The molecular formula is C23H9F3O3S. The van der Waals surface area contributed by atoms with Crippen molar-refractivity contribution in [2.75, 3.05) is 0 Å². The van der Waals surface area contributed by atoms with Crippen LogP contribution in [0.15, 0.2) is 63.4 Å². The van der Waals surface area contributed by atoms with Crippen LogP contribution in [0.25, 0.3) is 65.8 Å². The minimum atomic E-state index is -4.52. The van der Waals surface area contributed by atoms with E-state index in [0.717, 1.165) is 43.5 Å². The maximum atomic E-state index is 12.9. The number of rotatable bonds is 2. The lowest BCUT2D eigenvalue weighted by molar-refractivity contribution is -0.0369. The number of furan rings is 2. The highest BCUT2D eigenvalue weighted by Gasteiger charge is 2.33. The largest absolute Gasteiger partial charge is 0.479 e. The second kappa shape index (κ2) is 5.23. The highest BCUT2D eigenvalue weighted by molar-refractivity contribution is 7.95. The summed E-state index contributed by atoms with van der Waals surface area (Å²) in [5.41, 5.74) is -0.481. The Hall–Kier alpha value is -3.32. The van der Waals surface area contributed by atoms with Gasteiger partial charge in [-0.15, -0.1) is 0 Å². The summed E-state index contributed by atoms with van der Waals surface area (Å²) in [6, 6.07) is 16.6. The Morgan fingerprint density at radius 3 is 2.03 bits per heavy atom. The molecule has 0 bridgehead atoms. The van der Waals surface area contributed by atoms with E-state index in [2.05, 4.69) is 0 Å². The van der Waals surface area contributed by atoms with E-state index < -0.39 is 17.6 Å². The quantitative estimate of drug-likeness (QED) is 0.263. The topological polar surface area (TPSA) is 35.5 Å². The van der Waals surface area contributed by atoms with Crippen LogP contribution in [0.3, 0.4) is 0 Å². The van der Waals surface area contributed by atoms with Crippen molar-refractivity contribution in [2.45, 2.75) is 5.51 Å². The number of halogens is 3. The lowest BCUT2D eigenvalue weighted by atomic mass is 9.97. The van der Waals surface area contributed by atoms with E-state index in [-0.39, 0.29) is 5.75 Å². The normalized spacial score (nSPS) is 13.3. The molecule has 0 aliphatic heterocycles. The predicted molar refractivity (Wildman–Crippen MR) is 112 cm³/mol. The van der Waals surface area contributed by atoms with Gasteiger partial charge in [-0.2, -0.15) is 13.2 Å². The molecule has 146 valence electrons. The summed E-state index contributed by atoms with van der Waals surface area (Å²) in [6.07, 6.45) is 0. The molecule has 2 aromatic heterocycles. The number of fused-ring (bicyclic) bond motifs is 1. The molecule has 3 nitrogen and oxygen atoms in total. The van der Waals surface area contributed by atoms with Gasteiger partial charge in [0, 0.05) is 32.5 Å². The molecule has 0 amide bonds. The maximum Gasteiger partial charge on any atom is 0.479 e. The SMILES string of the molecule is FC(F)(F)SOc1ccc2oc3ccc4ccc5oc6cccc7c6c5c4c3c2c1-7. The van der Waals surface area contributed by atoms with Crippen molar-refractivity contribution in [1.29, 1.82) is 0 Å². The van der Waals surface area contributed by atoms with Crippen LogP contribution in [0.1, 0.15) is 0 Å². The molecule has 30 heavy (non-hydrogen) atoms. The second-order valence-corrected chi connectivity index (χ2v) is 8.08. The Morgan fingerprint density at radius 2 is 1.30 bits per heavy atom. The van der Waals surface area contributed by atoms with Crippen LogP contribution in [-0.2, 0) is 0 Å². The maximum absolute atomic E-state index is 12.9. The van der Waals surface area contributed by atoms with E-state index >= 15 is 0 Å². The van der Waals surface area contributed by atoms with E-state index in [1.165, 1.54) is 6.07 Å². The number of alkyl halides is 3. The van der Waals surface area contributed by atoms with Crippen molar-refractivity contribution in [2.24, 2.45) is 0 Å². The van der Waals surface area contributed by atoms with Crippen molar-refractivity contribution in [3.8, 4) is 16.9 Å². The van der Waals surface area contributed by atoms with Gasteiger partial charge in [-0.25, -0.2) is 0 Å². The van der Waals surface area contributed by atoms with E-state index in [1.54, 1.807) is 6.07 Å². The van der Waals surface area contributed by atoms with Crippen molar-refractivity contribution in [3.63, 3.8) is 0 Å². The van der Waals surface area contributed by atoms with Crippen LogP contribution in [0.2, 0.25) is 0 Å². The van der Waals surface area contributed by atoms with E-state index in [9.17, 15) is 13.2 Å². The van der Waals surface area contributed by atoms with Crippen LogP contribution in [0, 0.1) is 0 Å². The third kappa shape index (κ3) is 1.98. The zero-order chi connectivity index (χ0) is 20.2. The van der Waals surface area contributed by atoms with Gasteiger partial charge in [0.05, 0.1) is 0 Å². The van der Waals surface area contributed by atoms with Crippen molar-refractivity contribution in [1.82, 2.24) is 0 Å². The summed E-state index contributed by atoms with van der Waals surface area (Å²) in [5.74, 6) is 0.138. The molecule has 0 saturated heterocycles. The van der Waals surface area contributed by atoms with Crippen LogP contribution in [0.4, 0.5) is 13.2 Å². The Labute approximate surface area is 170 Å². The minimum Gasteiger partial charge on any atom is -0.456 e. The lowest BCUT2D eigenvalue weighted by Crippen LogP contribution is -2.03. The molecule has 1 aliphatic carbocycles. The molecule has 7 heteroatoms. The number of hydrogen-bond acceptors (Lipinski definition) is 4. The van der Waals surface area contributed by atoms with E-state index in [4.69, 9.17) is 13.0 Å². The third-order valence-electron chi connectivity index (χ3n) is 5.70. The van der Waals surface area contributed by atoms with Gasteiger partial charge in [0.25, 0.3) is 0 Å². The minimum absolute atomic E-state index is 0.138. The Balaban J connectivity index is 1.76. The molecule has 0 unspecified atom stereocenters. The van der Waals surface area contributed by atoms with Crippen LogP contribution < -0.4 is 4.18 Å². The highest BCUT2D eigenvalue weighted by Crippen LogP contribution is 2.53. The number of benzene rings is 4. The smallest absolute Gasteiger partial charge is 0.456 e. The lowest BCUT2D eigenvalue weighted by Gasteiger charge is -2.13. The van der Waals surface area contributed by atoms with Crippen molar-refractivity contribution >= 4 is 66.7 Å². The molecule has 6 aromatic rings. The van der Waals surface area contributed by atoms with Gasteiger partial charge in [-0.1, -0.05) is 24.3 Å². The first-order valence-corrected chi connectivity index (χ1v) is 9.93. The second-order valence-electron chi connectivity index (χ2n) is 7.28. The summed E-state index contributed by atoms with van der Waals surface area (Å²) < 4.78 is 56.1. The fourth-order valence-electron chi connectivity index (χ4n) is 4.69. The summed E-state index contributed by atoms with van der Waals surface area (Å²) in [7, 11) is 0. The third-order valence-corrected chi connectivity index (χ3v) is 6.15. The van der Waals surface area contributed by atoms with Crippen molar-refractivity contribution < 1.29 is 26.2 Å². The molecular weight excluding hydrogens is 413 g/mol. The van der Waals surface area contributed by atoms with Gasteiger partial charge in [0.1, 0.15) is 28.1 Å². The standard InChI is InChI=1S/C23H9F3O3S/c24-23(25,26)30-29-16-9-8-15-22-19(16)11-2-1-3-12-18(11)20-13(27-12)6-4-10-5-7-14(28-15)21(22)17(10)20/h1-9H. The summed E-state index contributed by atoms with van der Waals surface area (Å²) >= 11 is -0.515. The molecule has 0 fully saturated rings. The first-order valence-electron chi connectivity index (χ1n) is 9.18. The fourth-order valence-corrected chi connectivity index (χ4v) is 5.02. The van der Waals surface area contributed by atoms with Gasteiger partial charge >= 0.3 is 5.51 Å². The molecule has 0 atom stereocenters. The van der Waals surface area contributed by atoms with Crippen LogP contribution >= 0.6 is 12.0 Å². The van der Waals surface area contributed by atoms with E-state index in [0.29, 0.717) is 22.3 Å². The van der Waals surface area contributed by atoms with Gasteiger partial charge in [-0.3, -0.25) is 0 Å². The average molecular weight is 422 g/mol. The summed E-state index contributed by atoms with van der Waals surface area (Å²) in [4.78, 5) is 0. The average Bonchev–Trinajstić information content (AvgIpc) is 3.24. The first-order chi connectivity index (χ1) is 14.5.